The number of rotatable bonds is 3. The van der Waals surface area contributed by atoms with E-state index in [1.54, 1.807) is 7.11 Å². The molecule has 2 aliphatic heterocycles. The van der Waals surface area contributed by atoms with E-state index in [0.29, 0.717) is 6.42 Å². The summed E-state index contributed by atoms with van der Waals surface area (Å²) < 4.78 is 7.46. The zero-order valence-corrected chi connectivity index (χ0v) is 15.6. The maximum absolute atomic E-state index is 12.4. The molecule has 2 bridgehead atoms. The molecule has 0 spiro atoms. The maximum atomic E-state index is 12.4. The summed E-state index contributed by atoms with van der Waals surface area (Å²) in [6, 6.07) is 10.3. The first-order valence-corrected chi connectivity index (χ1v) is 9.53. The fraction of sp³-hybridized carbons (Fsp3) is 0.381. The average Bonchev–Trinajstić information content (AvgIpc) is 3.28. The third kappa shape index (κ3) is 2.36. The average molecular weight is 362 g/mol. The van der Waals surface area contributed by atoms with Gasteiger partial charge < -0.3 is 9.64 Å². The Kier molecular flexibility index (Phi) is 3.67. The van der Waals surface area contributed by atoms with Gasteiger partial charge >= 0.3 is 0 Å². The van der Waals surface area contributed by atoms with E-state index in [0.717, 1.165) is 47.5 Å². The van der Waals surface area contributed by atoms with Crippen molar-refractivity contribution in [3.63, 3.8) is 0 Å². The van der Waals surface area contributed by atoms with Gasteiger partial charge in [0.15, 0.2) is 5.65 Å². The normalized spacial score (nSPS) is 20.7. The predicted molar refractivity (Wildman–Crippen MR) is 102 cm³/mol. The Morgan fingerprint density at radius 1 is 1.30 bits per heavy atom. The van der Waals surface area contributed by atoms with Crippen LogP contribution in [0.1, 0.15) is 43.5 Å². The van der Waals surface area contributed by atoms with E-state index >= 15 is 0 Å². The van der Waals surface area contributed by atoms with E-state index in [1.807, 2.05) is 48.0 Å². The molecule has 27 heavy (non-hydrogen) atoms. The highest BCUT2D eigenvalue weighted by atomic mass is 16.5. The van der Waals surface area contributed by atoms with Crippen molar-refractivity contribution in [1.82, 2.24) is 19.5 Å². The number of carbonyl (C=O) groups excluding carboxylic acids is 1. The second-order valence-electron chi connectivity index (χ2n) is 7.27. The van der Waals surface area contributed by atoms with Gasteiger partial charge in [-0.25, -0.2) is 9.50 Å². The van der Waals surface area contributed by atoms with Crippen LogP contribution in [-0.2, 0) is 11.2 Å². The number of carbonyl (C=O) groups is 1. The summed E-state index contributed by atoms with van der Waals surface area (Å²) >= 11 is 0. The Hall–Kier alpha value is -2.89. The zero-order chi connectivity index (χ0) is 18.5. The molecule has 1 amide bonds. The number of ether oxygens (including phenoxy) is 1. The molecule has 2 atom stereocenters. The Balaban J connectivity index is 1.63. The SMILES string of the molecule is CCC(=O)N1C2CCC1c1cnc3cc(-c4ccccc4OC)nn3c1C2. The first kappa shape index (κ1) is 16.3. The Bertz CT molecular complexity index is 1040. The summed E-state index contributed by atoms with van der Waals surface area (Å²) in [7, 11) is 1.67. The van der Waals surface area contributed by atoms with E-state index in [9.17, 15) is 4.79 Å². The third-order valence-electron chi connectivity index (χ3n) is 5.88. The van der Waals surface area contributed by atoms with Gasteiger partial charge in [0.25, 0.3) is 0 Å². The summed E-state index contributed by atoms with van der Waals surface area (Å²) in [5.41, 5.74) is 4.99. The van der Waals surface area contributed by atoms with Crippen LogP contribution in [0.4, 0.5) is 0 Å². The minimum Gasteiger partial charge on any atom is -0.496 e. The number of nitrogens with zero attached hydrogens (tertiary/aromatic N) is 4. The van der Waals surface area contributed by atoms with E-state index in [4.69, 9.17) is 9.84 Å². The van der Waals surface area contributed by atoms with Crippen molar-refractivity contribution in [2.75, 3.05) is 7.11 Å². The van der Waals surface area contributed by atoms with E-state index in [1.165, 1.54) is 5.69 Å². The van der Waals surface area contributed by atoms with Crippen molar-refractivity contribution in [1.29, 1.82) is 0 Å². The van der Waals surface area contributed by atoms with Gasteiger partial charge in [-0.15, -0.1) is 0 Å². The molecule has 5 rings (SSSR count). The highest BCUT2D eigenvalue weighted by Gasteiger charge is 2.43. The number of methoxy groups -OCH3 is 1. The van der Waals surface area contributed by atoms with Crippen molar-refractivity contribution < 1.29 is 9.53 Å². The fourth-order valence-corrected chi connectivity index (χ4v) is 4.64. The number of benzene rings is 1. The molecule has 1 aromatic carbocycles. The van der Waals surface area contributed by atoms with Crippen LogP contribution in [0.2, 0.25) is 0 Å². The van der Waals surface area contributed by atoms with Gasteiger partial charge in [-0.3, -0.25) is 4.79 Å². The van der Waals surface area contributed by atoms with Crippen molar-refractivity contribution in [3.05, 3.63) is 47.8 Å². The van der Waals surface area contributed by atoms with E-state index < -0.39 is 0 Å². The second-order valence-corrected chi connectivity index (χ2v) is 7.27. The Morgan fingerprint density at radius 2 is 2.15 bits per heavy atom. The number of aromatic nitrogens is 3. The van der Waals surface area contributed by atoms with Gasteiger partial charge in [-0.05, 0) is 25.0 Å². The third-order valence-corrected chi connectivity index (χ3v) is 5.88. The molecule has 138 valence electrons. The van der Waals surface area contributed by atoms with Crippen molar-refractivity contribution in [2.45, 2.75) is 44.7 Å². The maximum Gasteiger partial charge on any atom is 0.223 e. The van der Waals surface area contributed by atoms with Gasteiger partial charge in [0.05, 0.1) is 24.5 Å². The van der Waals surface area contributed by atoms with Crippen LogP contribution in [0.5, 0.6) is 5.75 Å². The molecule has 2 aliphatic rings. The molecule has 2 aromatic heterocycles. The standard InChI is InChI=1S/C21H22N4O2/c1-3-21(26)24-13-8-9-17(24)15-12-22-20-11-16(23-25(20)18(15)10-13)14-6-4-5-7-19(14)27-2/h4-7,11-13,17H,3,8-10H2,1-2H3. The molecule has 0 N–H and O–H groups in total. The largest absolute Gasteiger partial charge is 0.496 e. The first-order valence-electron chi connectivity index (χ1n) is 9.53. The molecule has 1 fully saturated rings. The molecule has 3 aromatic rings. The van der Waals surface area contributed by atoms with Gasteiger partial charge in [-0.1, -0.05) is 19.1 Å². The first-order chi connectivity index (χ1) is 13.2. The van der Waals surface area contributed by atoms with Crippen LogP contribution in [0.15, 0.2) is 36.5 Å². The molecular formula is C21H22N4O2. The predicted octanol–water partition coefficient (Wildman–Crippen LogP) is 3.40. The summed E-state index contributed by atoms with van der Waals surface area (Å²) in [6.45, 7) is 1.94. The van der Waals surface area contributed by atoms with Crippen molar-refractivity contribution in [3.8, 4) is 17.0 Å². The van der Waals surface area contributed by atoms with Gasteiger partial charge in [0, 0.05) is 42.3 Å². The van der Waals surface area contributed by atoms with Gasteiger partial charge in [-0.2, -0.15) is 5.10 Å². The number of amides is 1. The van der Waals surface area contributed by atoms with Crippen LogP contribution in [0.3, 0.4) is 0 Å². The lowest BCUT2D eigenvalue weighted by atomic mass is 9.99. The topological polar surface area (TPSA) is 59.7 Å². The lowest BCUT2D eigenvalue weighted by Crippen LogP contribution is -2.42. The van der Waals surface area contributed by atoms with Crippen LogP contribution >= 0.6 is 0 Å². The van der Waals surface area contributed by atoms with Crippen molar-refractivity contribution >= 4 is 11.6 Å². The zero-order valence-electron chi connectivity index (χ0n) is 15.6. The number of hydrogen-bond acceptors (Lipinski definition) is 4. The molecule has 6 nitrogen and oxygen atoms in total. The summed E-state index contributed by atoms with van der Waals surface area (Å²) in [6.07, 6.45) is 5.40. The van der Waals surface area contributed by atoms with Gasteiger partial charge in [0.2, 0.25) is 5.91 Å². The van der Waals surface area contributed by atoms with Crippen LogP contribution < -0.4 is 4.74 Å². The number of hydrogen-bond donors (Lipinski definition) is 0. The van der Waals surface area contributed by atoms with E-state index in [2.05, 4.69) is 9.88 Å². The second kappa shape index (κ2) is 6.08. The molecule has 2 unspecified atom stereocenters. The summed E-state index contributed by atoms with van der Waals surface area (Å²) in [5.74, 6) is 1.04. The monoisotopic (exact) mass is 362 g/mol. The molecule has 0 radical (unpaired) electrons. The highest BCUT2D eigenvalue weighted by molar-refractivity contribution is 5.78. The summed E-state index contributed by atoms with van der Waals surface area (Å²) in [4.78, 5) is 19.2. The van der Waals surface area contributed by atoms with Gasteiger partial charge in [0.1, 0.15) is 5.75 Å². The van der Waals surface area contributed by atoms with Crippen LogP contribution in [0, 0.1) is 0 Å². The highest BCUT2D eigenvalue weighted by Crippen LogP contribution is 2.44. The smallest absolute Gasteiger partial charge is 0.223 e. The molecule has 1 saturated heterocycles. The Labute approximate surface area is 157 Å². The number of para-hydroxylation sites is 1. The van der Waals surface area contributed by atoms with E-state index in [-0.39, 0.29) is 18.0 Å². The van der Waals surface area contributed by atoms with Crippen molar-refractivity contribution in [2.24, 2.45) is 0 Å². The fourth-order valence-electron chi connectivity index (χ4n) is 4.64. The molecule has 4 heterocycles. The quantitative estimate of drug-likeness (QED) is 0.716. The summed E-state index contributed by atoms with van der Waals surface area (Å²) in [5, 5.41) is 4.86. The lowest BCUT2D eigenvalue weighted by molar-refractivity contribution is -0.134. The van der Waals surface area contributed by atoms with Crippen LogP contribution in [-0.4, -0.2) is 38.6 Å². The minimum atomic E-state index is 0.141. The Morgan fingerprint density at radius 3 is 2.96 bits per heavy atom. The lowest BCUT2D eigenvalue weighted by Gasteiger charge is -2.36. The number of fused-ring (bicyclic) bond motifs is 6. The molecule has 6 heteroatoms. The molecule has 0 aliphatic carbocycles. The van der Waals surface area contributed by atoms with Crippen LogP contribution in [0.25, 0.3) is 16.9 Å². The molecular weight excluding hydrogens is 340 g/mol. The minimum absolute atomic E-state index is 0.141. The molecule has 0 saturated carbocycles.